The molecule has 0 aliphatic heterocycles. The Bertz CT molecular complexity index is 1990. The van der Waals surface area contributed by atoms with Gasteiger partial charge in [-0.25, -0.2) is 28.8 Å². The number of aromatic nitrogens is 6. The summed E-state index contributed by atoms with van der Waals surface area (Å²) in [5.74, 6) is -6.46. The maximum absolute atomic E-state index is 10.8. The van der Waals surface area contributed by atoms with Gasteiger partial charge >= 0.3 is 35.8 Å². The first-order chi connectivity index (χ1) is 25.7. The van der Waals surface area contributed by atoms with Gasteiger partial charge in [-0.15, -0.1) is 24.8 Å². The van der Waals surface area contributed by atoms with E-state index in [1.54, 1.807) is 0 Å². The molecule has 294 valence electrons. The predicted octanol–water partition coefficient (Wildman–Crippen LogP) is 5.46. The van der Waals surface area contributed by atoms with Gasteiger partial charge in [-0.05, 0) is 72.8 Å². The van der Waals surface area contributed by atoms with Crippen LogP contribution in [0.3, 0.4) is 0 Å². The fourth-order valence-corrected chi connectivity index (χ4v) is 4.22. The van der Waals surface area contributed by atoms with Crippen molar-refractivity contribution >= 4 is 60.6 Å². The molecule has 57 heavy (non-hydrogen) atoms. The molecule has 0 saturated carbocycles. The van der Waals surface area contributed by atoms with Crippen LogP contribution in [0.15, 0.2) is 110 Å². The van der Waals surface area contributed by atoms with E-state index in [2.05, 4.69) is 29.9 Å². The number of pyridine rings is 6. The third kappa shape index (κ3) is 13.6. The van der Waals surface area contributed by atoms with E-state index in [0.717, 1.165) is 0 Å². The van der Waals surface area contributed by atoms with Crippen molar-refractivity contribution < 1.29 is 78.9 Å². The molecule has 0 aliphatic rings. The average Bonchev–Trinajstić information content (AvgIpc) is 3.18. The van der Waals surface area contributed by atoms with Crippen LogP contribution in [-0.4, -0.2) is 96.4 Å². The molecule has 6 rings (SSSR count). The Morgan fingerprint density at radius 2 is 0.421 bits per heavy atom. The Morgan fingerprint density at radius 1 is 0.298 bits per heavy atom. The summed E-state index contributed by atoms with van der Waals surface area (Å²) < 4.78 is 0. The Labute approximate surface area is 345 Å². The number of hydrogen-bond donors (Lipinski definition) is 6. The first-order valence-corrected chi connectivity index (χ1v) is 14.9. The SMILES string of the molecule is Cl.Cl.O=C(O)c1ccnc(-c2cc(C(=O)O)ccn2)c1.O=C(O)c1ccnc(-c2cc(C(=O)O)ccn2)c1.O=C(O)c1ccnc(-c2cc(C(=O)O)ccn2)c1.[Ru]. The van der Waals surface area contributed by atoms with E-state index in [1.165, 1.54) is 110 Å². The minimum Gasteiger partial charge on any atom is -0.478 e. The summed E-state index contributed by atoms with van der Waals surface area (Å²) in [6, 6.07) is 16.2. The molecule has 18 nitrogen and oxygen atoms in total. The largest absolute Gasteiger partial charge is 0.478 e. The topological polar surface area (TPSA) is 301 Å². The van der Waals surface area contributed by atoms with E-state index in [9.17, 15) is 28.8 Å². The molecule has 6 aromatic rings. The van der Waals surface area contributed by atoms with Crippen molar-refractivity contribution in [1.29, 1.82) is 0 Å². The number of halogens is 2. The normalized spacial score (nSPS) is 9.47. The zero-order valence-corrected chi connectivity index (χ0v) is 31.7. The standard InChI is InChI=1S/3C12H8N2O4.2ClH.Ru/c3*15-11(16)7-1-3-13-9(5-7)10-6-8(12(17)18)2-4-14-10;;;/h3*1-6H,(H,15,16)(H,17,18);2*1H;. The van der Waals surface area contributed by atoms with Crippen LogP contribution in [0.2, 0.25) is 0 Å². The van der Waals surface area contributed by atoms with Crippen LogP contribution in [-0.2, 0) is 19.5 Å². The second kappa shape index (κ2) is 22.3. The van der Waals surface area contributed by atoms with Gasteiger partial charge in [-0.1, -0.05) is 0 Å². The molecule has 6 N–H and O–H groups in total. The monoisotopic (exact) mass is 906 g/mol. The van der Waals surface area contributed by atoms with Crippen molar-refractivity contribution in [3.05, 3.63) is 143 Å². The van der Waals surface area contributed by atoms with Gasteiger partial charge in [0.25, 0.3) is 0 Å². The number of carbonyl (C=O) groups is 6. The maximum atomic E-state index is 10.8. The first kappa shape index (κ1) is 47.9. The second-order valence-electron chi connectivity index (χ2n) is 10.4. The van der Waals surface area contributed by atoms with Crippen LogP contribution in [0.4, 0.5) is 0 Å². The summed E-state index contributed by atoms with van der Waals surface area (Å²) in [6.07, 6.45) is 8.05. The van der Waals surface area contributed by atoms with Crippen LogP contribution < -0.4 is 0 Å². The van der Waals surface area contributed by atoms with Crippen LogP contribution in [0.25, 0.3) is 34.2 Å². The van der Waals surface area contributed by atoms with Crippen LogP contribution in [0.1, 0.15) is 62.1 Å². The van der Waals surface area contributed by atoms with E-state index in [0.29, 0.717) is 34.2 Å². The van der Waals surface area contributed by atoms with Gasteiger partial charge in [0.05, 0.1) is 67.5 Å². The summed E-state index contributed by atoms with van der Waals surface area (Å²) in [6.45, 7) is 0. The number of hydrogen-bond acceptors (Lipinski definition) is 12. The van der Waals surface area contributed by atoms with Crippen LogP contribution in [0, 0.1) is 0 Å². The Morgan fingerprint density at radius 3 is 0.526 bits per heavy atom. The van der Waals surface area contributed by atoms with E-state index in [1.807, 2.05) is 0 Å². The van der Waals surface area contributed by atoms with Gasteiger partial charge in [-0.3, -0.25) is 29.9 Å². The molecule has 0 aromatic carbocycles. The Balaban J connectivity index is 0.000000417. The van der Waals surface area contributed by atoms with E-state index >= 15 is 0 Å². The van der Waals surface area contributed by atoms with E-state index in [-0.39, 0.29) is 77.7 Å². The minimum atomic E-state index is -1.08. The van der Waals surface area contributed by atoms with Crippen molar-refractivity contribution in [3.63, 3.8) is 0 Å². The zero-order chi connectivity index (χ0) is 39.4. The Hall–Kier alpha value is -7.08. The van der Waals surface area contributed by atoms with Gasteiger partial charge < -0.3 is 30.6 Å². The summed E-state index contributed by atoms with van der Waals surface area (Å²) in [5, 5.41) is 53.1. The van der Waals surface area contributed by atoms with Crippen LogP contribution in [0.5, 0.6) is 0 Å². The molecule has 6 heterocycles. The molecule has 0 fully saturated rings. The molecular formula is C36H26Cl2N6O12Ru. The molecule has 0 radical (unpaired) electrons. The third-order valence-electron chi connectivity index (χ3n) is 6.83. The Kier molecular flexibility index (Phi) is 18.8. The number of nitrogens with zero attached hydrogens (tertiary/aromatic N) is 6. The molecule has 0 bridgehead atoms. The molecule has 0 unspecified atom stereocenters. The quantitative estimate of drug-likeness (QED) is 0.0981. The minimum absolute atomic E-state index is 0. The van der Waals surface area contributed by atoms with Gasteiger partial charge in [-0.2, -0.15) is 0 Å². The van der Waals surface area contributed by atoms with Gasteiger partial charge in [0.1, 0.15) is 0 Å². The number of carboxylic acids is 6. The molecule has 6 aromatic heterocycles. The second-order valence-corrected chi connectivity index (χ2v) is 10.4. The number of carboxylic acid groups (broad SMARTS) is 6. The summed E-state index contributed by atoms with van der Waals surface area (Å²) in [5.41, 5.74) is 2.34. The molecule has 0 saturated heterocycles. The van der Waals surface area contributed by atoms with E-state index in [4.69, 9.17) is 30.6 Å². The summed E-state index contributed by atoms with van der Waals surface area (Å²) in [4.78, 5) is 88.7. The molecule has 0 atom stereocenters. The molecule has 0 amide bonds. The van der Waals surface area contributed by atoms with Crippen LogP contribution >= 0.6 is 24.8 Å². The predicted molar refractivity (Wildman–Crippen MR) is 199 cm³/mol. The smallest absolute Gasteiger partial charge is 0.335 e. The molecule has 21 heteroatoms. The fourth-order valence-electron chi connectivity index (χ4n) is 4.22. The van der Waals surface area contributed by atoms with Gasteiger partial charge in [0.15, 0.2) is 0 Å². The molecular weight excluding hydrogens is 880 g/mol. The molecule has 0 spiro atoms. The summed E-state index contributed by atoms with van der Waals surface area (Å²) >= 11 is 0. The zero-order valence-electron chi connectivity index (χ0n) is 28.4. The fraction of sp³-hybridized carbons (Fsp3) is 0. The van der Waals surface area contributed by atoms with E-state index < -0.39 is 35.8 Å². The number of aromatic carboxylic acids is 6. The van der Waals surface area contributed by atoms with Crippen molar-refractivity contribution in [1.82, 2.24) is 29.9 Å². The van der Waals surface area contributed by atoms with Crippen molar-refractivity contribution in [2.45, 2.75) is 0 Å². The van der Waals surface area contributed by atoms with Gasteiger partial charge in [0.2, 0.25) is 0 Å². The first-order valence-electron chi connectivity index (χ1n) is 14.9. The third-order valence-corrected chi connectivity index (χ3v) is 6.83. The van der Waals surface area contributed by atoms with Crippen molar-refractivity contribution in [3.8, 4) is 34.2 Å². The van der Waals surface area contributed by atoms with Crippen molar-refractivity contribution in [2.24, 2.45) is 0 Å². The summed E-state index contributed by atoms with van der Waals surface area (Å²) in [7, 11) is 0. The maximum Gasteiger partial charge on any atom is 0.335 e. The molecule has 0 aliphatic carbocycles. The number of rotatable bonds is 9. The van der Waals surface area contributed by atoms with Gasteiger partial charge in [0, 0.05) is 56.7 Å². The van der Waals surface area contributed by atoms with Crippen molar-refractivity contribution in [2.75, 3.05) is 0 Å². The average molecular weight is 907 g/mol.